The van der Waals surface area contributed by atoms with Crippen LogP contribution in [-0.4, -0.2) is 29.9 Å². The highest BCUT2D eigenvalue weighted by Gasteiger charge is 2.34. The molecule has 1 unspecified atom stereocenters. The molecule has 7 heteroatoms. The van der Waals surface area contributed by atoms with Crippen LogP contribution in [0.25, 0.3) is 0 Å². The Morgan fingerprint density at radius 1 is 1.09 bits per heavy atom. The quantitative estimate of drug-likeness (QED) is 0.483. The third-order valence-corrected chi connectivity index (χ3v) is 6.20. The lowest BCUT2D eigenvalue weighted by molar-refractivity contribution is -0.126. The summed E-state index contributed by atoms with van der Waals surface area (Å²) in [5.41, 5.74) is 1.55. The molecule has 2 amide bonds. The summed E-state index contributed by atoms with van der Waals surface area (Å²) in [5.74, 6) is 0.321. The predicted octanol–water partition coefficient (Wildman–Crippen LogP) is 5.38. The molecule has 0 saturated heterocycles. The van der Waals surface area contributed by atoms with Crippen LogP contribution in [0.3, 0.4) is 0 Å². The first kappa shape index (κ1) is 22.9. The Morgan fingerprint density at radius 2 is 1.79 bits per heavy atom. The number of nitrogens with zero attached hydrogens (tertiary/aromatic N) is 1. The van der Waals surface area contributed by atoms with Crippen molar-refractivity contribution in [3.05, 3.63) is 88.8 Å². The summed E-state index contributed by atoms with van der Waals surface area (Å²) in [5, 5.41) is 3.72. The number of rotatable bonds is 8. The Balaban J connectivity index is 1.72. The monoisotopic (exact) mass is 466 g/mol. The Bertz CT molecular complexity index is 1060. The number of carbonyl (C=O) groups excluding carboxylic acids is 2. The predicted molar refractivity (Wildman–Crippen MR) is 126 cm³/mol. The van der Waals surface area contributed by atoms with Crippen molar-refractivity contribution in [2.45, 2.75) is 44.3 Å². The molecule has 0 spiro atoms. The van der Waals surface area contributed by atoms with Gasteiger partial charge in [0.25, 0.3) is 5.91 Å². The molecule has 33 heavy (non-hydrogen) atoms. The largest absolute Gasteiger partial charge is 0.497 e. The lowest BCUT2D eigenvalue weighted by Gasteiger charge is -2.32. The van der Waals surface area contributed by atoms with Gasteiger partial charge in [-0.2, -0.15) is 0 Å². The third-order valence-electron chi connectivity index (χ3n) is 5.95. The van der Waals surface area contributed by atoms with Crippen molar-refractivity contribution in [1.82, 2.24) is 10.2 Å². The summed E-state index contributed by atoms with van der Waals surface area (Å²) >= 11 is 6.11. The Hall–Kier alpha value is -3.25. The molecule has 2 aromatic carbocycles. The van der Waals surface area contributed by atoms with Gasteiger partial charge >= 0.3 is 0 Å². The fourth-order valence-electron chi connectivity index (χ4n) is 4.22. The van der Waals surface area contributed by atoms with Gasteiger partial charge in [-0.3, -0.25) is 9.59 Å². The van der Waals surface area contributed by atoms with Crippen molar-refractivity contribution in [2.75, 3.05) is 7.11 Å². The van der Waals surface area contributed by atoms with Gasteiger partial charge in [0.2, 0.25) is 5.91 Å². The smallest absolute Gasteiger partial charge is 0.290 e. The normalized spacial score (nSPS) is 14.6. The second kappa shape index (κ2) is 10.6. The molecule has 0 bridgehead atoms. The molecule has 0 radical (unpaired) electrons. The molecule has 1 aliphatic carbocycles. The van der Waals surface area contributed by atoms with Crippen molar-refractivity contribution in [1.29, 1.82) is 0 Å². The Labute approximate surface area is 198 Å². The number of nitrogens with one attached hydrogen (secondary N) is 1. The zero-order valence-corrected chi connectivity index (χ0v) is 19.3. The van der Waals surface area contributed by atoms with Gasteiger partial charge in [0.15, 0.2) is 5.76 Å². The van der Waals surface area contributed by atoms with Gasteiger partial charge in [-0.05, 0) is 60.4 Å². The van der Waals surface area contributed by atoms with E-state index in [9.17, 15) is 9.59 Å². The highest BCUT2D eigenvalue weighted by atomic mass is 35.5. The molecule has 0 aliphatic heterocycles. The van der Waals surface area contributed by atoms with Crippen molar-refractivity contribution < 1.29 is 18.7 Å². The molecule has 6 nitrogen and oxygen atoms in total. The van der Waals surface area contributed by atoms with Gasteiger partial charge in [-0.25, -0.2) is 0 Å². The van der Waals surface area contributed by atoms with Gasteiger partial charge in [-0.1, -0.05) is 48.7 Å². The second-order valence-electron chi connectivity index (χ2n) is 8.20. The summed E-state index contributed by atoms with van der Waals surface area (Å²) < 4.78 is 10.7. The van der Waals surface area contributed by atoms with Gasteiger partial charge in [-0.15, -0.1) is 0 Å². The van der Waals surface area contributed by atoms with Crippen molar-refractivity contribution >= 4 is 23.4 Å². The first-order valence-electron chi connectivity index (χ1n) is 11.1. The fourth-order valence-corrected chi connectivity index (χ4v) is 4.34. The van der Waals surface area contributed by atoms with E-state index >= 15 is 0 Å². The molecule has 1 atom stereocenters. The van der Waals surface area contributed by atoms with Crippen LogP contribution < -0.4 is 10.1 Å². The van der Waals surface area contributed by atoms with Crippen LogP contribution in [-0.2, 0) is 11.3 Å². The topological polar surface area (TPSA) is 71.8 Å². The van der Waals surface area contributed by atoms with Gasteiger partial charge < -0.3 is 19.4 Å². The van der Waals surface area contributed by atoms with Crippen LogP contribution in [0.15, 0.2) is 71.3 Å². The van der Waals surface area contributed by atoms with Crippen molar-refractivity contribution in [3.63, 3.8) is 0 Å². The molecule has 1 N–H and O–H groups in total. The van der Waals surface area contributed by atoms with Crippen LogP contribution in [0.2, 0.25) is 5.02 Å². The number of ether oxygens (including phenoxy) is 1. The molecule has 1 saturated carbocycles. The van der Waals surface area contributed by atoms with Crippen molar-refractivity contribution in [3.8, 4) is 5.75 Å². The van der Waals surface area contributed by atoms with Gasteiger partial charge in [0.1, 0.15) is 11.8 Å². The molecule has 4 rings (SSSR count). The number of halogens is 1. The standard InChI is InChI=1S/C26H27ClN2O4/c1-32-22-14-8-18(9-15-22)17-29(26(31)23-7-4-16-33-23)24(19-10-12-20(27)13-11-19)25(30)28-21-5-2-3-6-21/h4,7-16,21,24H,2-3,5-6,17H2,1H3,(H,28,30). The number of furan rings is 1. The van der Waals surface area contributed by atoms with E-state index in [2.05, 4.69) is 5.32 Å². The number of carbonyl (C=O) groups is 2. The second-order valence-corrected chi connectivity index (χ2v) is 8.64. The minimum atomic E-state index is -0.845. The van der Waals surface area contributed by atoms with Crippen LogP contribution in [0, 0.1) is 0 Å². The summed E-state index contributed by atoms with van der Waals surface area (Å²) in [7, 11) is 1.60. The lowest BCUT2D eigenvalue weighted by atomic mass is 10.0. The van der Waals surface area contributed by atoms with E-state index in [0.717, 1.165) is 37.0 Å². The number of amides is 2. The number of hydrogen-bond donors (Lipinski definition) is 1. The first-order valence-corrected chi connectivity index (χ1v) is 11.5. The average molecular weight is 467 g/mol. The molecule has 172 valence electrons. The highest BCUT2D eigenvalue weighted by molar-refractivity contribution is 6.30. The summed E-state index contributed by atoms with van der Waals surface area (Å²) in [4.78, 5) is 28.7. The molecular formula is C26H27ClN2O4. The SMILES string of the molecule is COc1ccc(CN(C(=O)c2ccco2)C(C(=O)NC2CCCC2)c2ccc(Cl)cc2)cc1. The molecule has 1 heterocycles. The highest BCUT2D eigenvalue weighted by Crippen LogP contribution is 2.29. The van der Waals surface area contributed by atoms with Crippen LogP contribution in [0.4, 0.5) is 0 Å². The molecule has 1 aliphatic rings. The fraction of sp³-hybridized carbons (Fsp3) is 0.308. The van der Waals surface area contributed by atoms with Gasteiger partial charge in [0, 0.05) is 17.6 Å². The third kappa shape index (κ3) is 5.57. The lowest BCUT2D eigenvalue weighted by Crippen LogP contribution is -2.45. The zero-order valence-electron chi connectivity index (χ0n) is 18.5. The molecule has 1 aromatic heterocycles. The average Bonchev–Trinajstić information content (AvgIpc) is 3.54. The summed E-state index contributed by atoms with van der Waals surface area (Å²) in [6, 6.07) is 17.0. The Kier molecular flexibility index (Phi) is 7.35. The van der Waals surface area contributed by atoms with E-state index in [0.29, 0.717) is 10.6 Å². The number of methoxy groups -OCH3 is 1. The molecular weight excluding hydrogens is 440 g/mol. The van der Waals surface area contributed by atoms with Crippen LogP contribution in [0.1, 0.15) is 53.4 Å². The van der Waals surface area contributed by atoms with Gasteiger partial charge in [0.05, 0.1) is 13.4 Å². The number of benzene rings is 2. The molecule has 3 aromatic rings. The maximum Gasteiger partial charge on any atom is 0.290 e. The van der Waals surface area contributed by atoms with E-state index in [4.69, 9.17) is 20.8 Å². The zero-order chi connectivity index (χ0) is 23.2. The van der Waals surface area contributed by atoms with E-state index in [1.54, 1.807) is 48.4 Å². The maximum atomic E-state index is 13.6. The molecule has 1 fully saturated rings. The van der Waals surface area contributed by atoms with E-state index < -0.39 is 6.04 Å². The minimum absolute atomic E-state index is 0.119. The van der Waals surface area contributed by atoms with E-state index in [1.807, 2.05) is 24.3 Å². The van der Waals surface area contributed by atoms with E-state index in [-0.39, 0.29) is 30.2 Å². The van der Waals surface area contributed by atoms with Crippen LogP contribution in [0.5, 0.6) is 5.75 Å². The minimum Gasteiger partial charge on any atom is -0.497 e. The van der Waals surface area contributed by atoms with Crippen LogP contribution >= 0.6 is 11.6 Å². The maximum absolute atomic E-state index is 13.6. The van der Waals surface area contributed by atoms with E-state index in [1.165, 1.54) is 6.26 Å². The Morgan fingerprint density at radius 3 is 2.39 bits per heavy atom. The number of hydrogen-bond acceptors (Lipinski definition) is 4. The summed E-state index contributed by atoms with van der Waals surface area (Å²) in [6.45, 7) is 0.217. The first-order chi connectivity index (χ1) is 16.0. The van der Waals surface area contributed by atoms with Crippen molar-refractivity contribution in [2.24, 2.45) is 0 Å². The summed E-state index contributed by atoms with van der Waals surface area (Å²) in [6.07, 6.45) is 5.54.